The van der Waals surface area contributed by atoms with Crippen LogP contribution in [0.1, 0.15) is 16.7 Å². The first-order valence-corrected chi connectivity index (χ1v) is 9.10. The fourth-order valence-corrected chi connectivity index (χ4v) is 4.60. The molecule has 3 aromatic carbocycles. The molecule has 3 heterocycles. The molecule has 0 aliphatic carbocycles. The van der Waals surface area contributed by atoms with E-state index in [1.807, 2.05) is 42.5 Å². The molecule has 4 aromatic rings. The van der Waals surface area contributed by atoms with Crippen molar-refractivity contribution in [3.8, 4) is 11.3 Å². The Morgan fingerprint density at radius 3 is 2.63 bits per heavy atom. The van der Waals surface area contributed by atoms with Crippen LogP contribution < -0.4 is 10.6 Å². The number of hydrogen-bond donors (Lipinski definition) is 3. The van der Waals surface area contributed by atoms with E-state index in [1.54, 1.807) is 0 Å². The van der Waals surface area contributed by atoms with Gasteiger partial charge in [0, 0.05) is 39.0 Å². The Labute approximate surface area is 156 Å². The molecule has 6 rings (SSSR count). The van der Waals surface area contributed by atoms with E-state index in [-0.39, 0.29) is 5.91 Å². The van der Waals surface area contributed by atoms with Crippen molar-refractivity contribution in [3.05, 3.63) is 83.4 Å². The molecule has 0 radical (unpaired) electrons. The van der Waals surface area contributed by atoms with Gasteiger partial charge < -0.3 is 15.6 Å². The minimum absolute atomic E-state index is 0.0383. The molecule has 4 nitrogen and oxygen atoms in total. The number of amides is 1. The van der Waals surface area contributed by atoms with E-state index < -0.39 is 5.54 Å². The van der Waals surface area contributed by atoms with Gasteiger partial charge in [-0.3, -0.25) is 4.79 Å². The van der Waals surface area contributed by atoms with Crippen molar-refractivity contribution in [3.63, 3.8) is 0 Å². The Hall–Kier alpha value is -3.53. The van der Waals surface area contributed by atoms with Crippen molar-refractivity contribution in [1.82, 2.24) is 4.98 Å². The zero-order chi connectivity index (χ0) is 18.2. The highest BCUT2D eigenvalue weighted by Crippen LogP contribution is 2.53. The number of carbonyl (C=O) groups is 1. The number of aromatic nitrogens is 1. The molecule has 27 heavy (non-hydrogen) atoms. The number of fused-ring (bicyclic) bond motifs is 8. The van der Waals surface area contributed by atoms with E-state index in [4.69, 9.17) is 0 Å². The van der Waals surface area contributed by atoms with Gasteiger partial charge in [0.25, 0.3) is 5.91 Å². The fourth-order valence-electron chi connectivity index (χ4n) is 4.60. The molecule has 130 valence electrons. The molecule has 4 heteroatoms. The van der Waals surface area contributed by atoms with Crippen LogP contribution in [0.25, 0.3) is 22.2 Å². The van der Waals surface area contributed by atoms with E-state index in [1.165, 1.54) is 0 Å². The molecule has 1 amide bonds. The van der Waals surface area contributed by atoms with Crippen molar-refractivity contribution in [2.45, 2.75) is 12.5 Å². The molecule has 2 aliphatic rings. The second kappa shape index (κ2) is 4.80. The standard InChI is InChI=1S/C23H17N3O/c1-13-10-11-19-16(12-13)23(22(27)25-19)20-14-6-2-4-8-17(14)24-21(20)15-7-3-5-9-18(15)26-23/h2-12,24,26H,1H3,(H,25,27)/t23-/m0/s1. The molecule has 1 aromatic heterocycles. The average Bonchev–Trinajstić information content (AvgIpc) is 3.20. The van der Waals surface area contributed by atoms with Gasteiger partial charge in [-0.05, 0) is 25.1 Å². The summed E-state index contributed by atoms with van der Waals surface area (Å²) in [5.41, 5.74) is 7.13. The summed E-state index contributed by atoms with van der Waals surface area (Å²) in [6, 6.07) is 22.5. The maximum absolute atomic E-state index is 13.4. The Morgan fingerprint density at radius 2 is 1.70 bits per heavy atom. The van der Waals surface area contributed by atoms with Crippen LogP contribution in [0.2, 0.25) is 0 Å². The van der Waals surface area contributed by atoms with E-state index in [0.717, 1.165) is 50.2 Å². The lowest BCUT2D eigenvalue weighted by Gasteiger charge is -2.36. The van der Waals surface area contributed by atoms with E-state index >= 15 is 0 Å². The summed E-state index contributed by atoms with van der Waals surface area (Å²) < 4.78 is 0. The van der Waals surface area contributed by atoms with Crippen LogP contribution in [0.5, 0.6) is 0 Å². The maximum atomic E-state index is 13.4. The van der Waals surface area contributed by atoms with Crippen molar-refractivity contribution < 1.29 is 4.79 Å². The summed E-state index contributed by atoms with van der Waals surface area (Å²) in [6.07, 6.45) is 0. The molecule has 0 bridgehead atoms. The lowest BCUT2D eigenvalue weighted by Crippen LogP contribution is -2.45. The van der Waals surface area contributed by atoms with E-state index in [9.17, 15) is 4.79 Å². The molecule has 0 saturated heterocycles. The smallest absolute Gasteiger partial charge is 0.259 e. The van der Waals surface area contributed by atoms with Gasteiger partial charge in [-0.15, -0.1) is 0 Å². The van der Waals surface area contributed by atoms with Gasteiger partial charge in [-0.1, -0.05) is 54.1 Å². The zero-order valence-electron chi connectivity index (χ0n) is 14.8. The van der Waals surface area contributed by atoms with Gasteiger partial charge in [-0.2, -0.15) is 0 Å². The van der Waals surface area contributed by atoms with Gasteiger partial charge in [-0.25, -0.2) is 0 Å². The quantitative estimate of drug-likeness (QED) is 0.428. The van der Waals surface area contributed by atoms with Gasteiger partial charge in [0.2, 0.25) is 0 Å². The minimum Gasteiger partial charge on any atom is -0.363 e. The van der Waals surface area contributed by atoms with Crippen LogP contribution in [-0.4, -0.2) is 10.9 Å². The summed E-state index contributed by atoms with van der Waals surface area (Å²) in [4.78, 5) is 17.0. The van der Waals surface area contributed by atoms with E-state index in [2.05, 4.69) is 46.8 Å². The number of carbonyl (C=O) groups excluding carboxylic acids is 1. The first kappa shape index (κ1) is 14.6. The lowest BCUT2D eigenvalue weighted by atomic mass is 9.77. The van der Waals surface area contributed by atoms with Gasteiger partial charge >= 0.3 is 0 Å². The number of anilines is 2. The average molecular weight is 351 g/mol. The molecule has 3 N–H and O–H groups in total. The van der Waals surface area contributed by atoms with Crippen LogP contribution in [0.3, 0.4) is 0 Å². The van der Waals surface area contributed by atoms with Crippen LogP contribution in [0.15, 0.2) is 66.7 Å². The fraction of sp³-hybridized carbons (Fsp3) is 0.0870. The monoisotopic (exact) mass is 351 g/mol. The van der Waals surface area contributed by atoms with Crippen molar-refractivity contribution in [1.29, 1.82) is 0 Å². The number of H-pyrrole nitrogens is 1. The highest BCUT2D eigenvalue weighted by molar-refractivity contribution is 6.16. The highest BCUT2D eigenvalue weighted by atomic mass is 16.2. The third-order valence-corrected chi connectivity index (χ3v) is 5.77. The Kier molecular flexibility index (Phi) is 2.60. The molecule has 1 spiro atoms. The Balaban J connectivity index is 1.80. The topological polar surface area (TPSA) is 56.9 Å². The number of rotatable bonds is 0. The molecular formula is C23H17N3O. The molecule has 0 unspecified atom stereocenters. The molecule has 2 aliphatic heterocycles. The third-order valence-electron chi connectivity index (χ3n) is 5.77. The minimum atomic E-state index is -0.940. The van der Waals surface area contributed by atoms with E-state index in [0.29, 0.717) is 0 Å². The molecule has 1 atom stereocenters. The Morgan fingerprint density at radius 1 is 0.889 bits per heavy atom. The number of aryl methyl sites for hydroxylation is 1. The number of nitrogens with one attached hydrogen (secondary N) is 3. The van der Waals surface area contributed by atoms with Crippen LogP contribution in [-0.2, 0) is 10.3 Å². The molecular weight excluding hydrogens is 334 g/mol. The predicted molar refractivity (Wildman–Crippen MR) is 108 cm³/mol. The van der Waals surface area contributed by atoms with Crippen LogP contribution >= 0.6 is 0 Å². The number of benzene rings is 3. The number of para-hydroxylation sites is 2. The first-order valence-electron chi connectivity index (χ1n) is 9.10. The van der Waals surface area contributed by atoms with Crippen LogP contribution in [0, 0.1) is 6.92 Å². The lowest BCUT2D eigenvalue weighted by molar-refractivity contribution is -0.118. The first-order chi connectivity index (χ1) is 13.2. The summed E-state index contributed by atoms with van der Waals surface area (Å²) in [7, 11) is 0. The van der Waals surface area contributed by atoms with Crippen molar-refractivity contribution >= 4 is 28.2 Å². The van der Waals surface area contributed by atoms with Gasteiger partial charge in [0.15, 0.2) is 5.54 Å². The third kappa shape index (κ3) is 1.70. The zero-order valence-corrected chi connectivity index (χ0v) is 14.8. The van der Waals surface area contributed by atoms with Crippen LogP contribution in [0.4, 0.5) is 11.4 Å². The maximum Gasteiger partial charge on any atom is 0.259 e. The van der Waals surface area contributed by atoms with Gasteiger partial charge in [0.1, 0.15) is 0 Å². The number of aromatic amines is 1. The second-order valence-corrected chi connectivity index (χ2v) is 7.34. The van der Waals surface area contributed by atoms with Crippen molar-refractivity contribution in [2.75, 3.05) is 10.6 Å². The number of hydrogen-bond acceptors (Lipinski definition) is 2. The summed E-state index contributed by atoms with van der Waals surface area (Å²) in [6.45, 7) is 2.06. The second-order valence-electron chi connectivity index (χ2n) is 7.34. The summed E-state index contributed by atoms with van der Waals surface area (Å²) >= 11 is 0. The van der Waals surface area contributed by atoms with Gasteiger partial charge in [0.05, 0.1) is 5.69 Å². The largest absolute Gasteiger partial charge is 0.363 e. The predicted octanol–water partition coefficient (Wildman–Crippen LogP) is 4.76. The summed E-state index contributed by atoms with van der Waals surface area (Å²) in [5, 5.41) is 7.77. The molecule has 0 saturated carbocycles. The van der Waals surface area contributed by atoms with Crippen molar-refractivity contribution in [2.24, 2.45) is 0 Å². The Bertz CT molecular complexity index is 1270. The summed E-state index contributed by atoms with van der Waals surface area (Å²) in [5.74, 6) is -0.0383. The SMILES string of the molecule is Cc1ccc2c(c1)[C@@]1(Nc3ccccc3-c3[nH]c4ccccc4c31)C(=O)N2. The highest BCUT2D eigenvalue weighted by Gasteiger charge is 2.53. The normalized spacial score (nSPS) is 19.4. The molecule has 0 fully saturated rings.